The van der Waals surface area contributed by atoms with E-state index in [-0.39, 0.29) is 0 Å². The van der Waals surface area contributed by atoms with Crippen LogP contribution in [0.25, 0.3) is 5.57 Å². The van der Waals surface area contributed by atoms with Crippen LogP contribution in [0.5, 0.6) is 5.75 Å². The highest BCUT2D eigenvalue weighted by Crippen LogP contribution is 2.21. The maximum Gasteiger partial charge on any atom is 0.118 e. The molecule has 0 aromatic heterocycles. The van der Waals surface area contributed by atoms with Gasteiger partial charge in [0.15, 0.2) is 0 Å². The van der Waals surface area contributed by atoms with Crippen LogP contribution < -0.4 is 21.3 Å². The first-order valence-electron chi connectivity index (χ1n) is 7.80. The molecule has 1 aromatic carbocycles. The van der Waals surface area contributed by atoms with E-state index in [2.05, 4.69) is 24.6 Å². The summed E-state index contributed by atoms with van der Waals surface area (Å²) < 4.78 is 5.13. The second-order valence-electron chi connectivity index (χ2n) is 4.87. The molecule has 0 aliphatic heterocycles. The molecule has 0 heterocycles. The van der Waals surface area contributed by atoms with Gasteiger partial charge in [-0.15, -0.1) is 0 Å². The van der Waals surface area contributed by atoms with Gasteiger partial charge in [0, 0.05) is 24.5 Å². The van der Waals surface area contributed by atoms with Crippen molar-refractivity contribution < 1.29 is 4.74 Å². The molecular formula is C18H31N3O. The largest absolute Gasteiger partial charge is 0.497 e. The molecular weight excluding hydrogens is 274 g/mol. The molecule has 1 rings (SSSR count). The third kappa shape index (κ3) is 7.74. The minimum atomic E-state index is 0.844. The molecule has 0 radical (unpaired) electrons. The van der Waals surface area contributed by atoms with Crippen LogP contribution in [-0.4, -0.2) is 14.2 Å². The van der Waals surface area contributed by atoms with E-state index >= 15 is 0 Å². The highest BCUT2D eigenvalue weighted by molar-refractivity contribution is 5.76. The molecule has 0 saturated carbocycles. The Kier molecular flexibility index (Phi) is 11.6. The summed E-state index contributed by atoms with van der Waals surface area (Å²) in [6, 6.07) is 7.88. The van der Waals surface area contributed by atoms with Gasteiger partial charge in [0.25, 0.3) is 0 Å². The highest BCUT2D eigenvalue weighted by atomic mass is 16.5. The molecule has 1 aromatic rings. The summed E-state index contributed by atoms with van der Waals surface area (Å²) in [7, 11) is 3.55. The molecule has 0 amide bonds. The van der Waals surface area contributed by atoms with Gasteiger partial charge in [-0.25, -0.2) is 0 Å². The number of ether oxygens (including phenoxy) is 1. The summed E-state index contributed by atoms with van der Waals surface area (Å²) in [6.45, 7) is 6.44. The minimum Gasteiger partial charge on any atom is -0.497 e. The number of hydrogen-bond acceptors (Lipinski definition) is 4. The van der Waals surface area contributed by atoms with E-state index in [0.29, 0.717) is 0 Å². The molecule has 0 saturated heterocycles. The Hall–Kier alpha value is -1.94. The lowest BCUT2D eigenvalue weighted by Crippen LogP contribution is -2.13. The Bertz CT molecular complexity index is 448. The number of hydrazine groups is 1. The standard InChI is InChI=1S/C13H19N3O.C5H12/c1-10(15-2)13(8-9-16-14)11-4-6-12(17-3)7-5-11;1-3-5-4-2/h4-9,15-16H,14H2,1-3H3;3-5H2,1-2H3/b9-8-,13-10-;. The van der Waals surface area contributed by atoms with Crippen LogP contribution in [0.4, 0.5) is 0 Å². The maximum absolute atomic E-state index is 5.24. The van der Waals surface area contributed by atoms with E-state index in [0.717, 1.165) is 22.6 Å². The van der Waals surface area contributed by atoms with E-state index in [9.17, 15) is 0 Å². The van der Waals surface area contributed by atoms with Crippen LogP contribution in [0, 0.1) is 0 Å². The van der Waals surface area contributed by atoms with Crippen LogP contribution in [0.15, 0.2) is 42.2 Å². The highest BCUT2D eigenvalue weighted by Gasteiger charge is 2.02. The fourth-order valence-electron chi connectivity index (χ4n) is 1.83. The molecule has 124 valence electrons. The summed E-state index contributed by atoms with van der Waals surface area (Å²) in [6.07, 6.45) is 7.70. The van der Waals surface area contributed by atoms with Gasteiger partial charge < -0.3 is 15.5 Å². The lowest BCUT2D eigenvalue weighted by atomic mass is 10.0. The van der Waals surface area contributed by atoms with Crippen molar-refractivity contribution in [3.05, 3.63) is 47.8 Å². The first kappa shape index (κ1) is 20.1. The summed E-state index contributed by atoms with van der Waals surface area (Å²) in [4.78, 5) is 0. The average Bonchev–Trinajstić information content (AvgIpc) is 2.56. The zero-order valence-corrected chi connectivity index (χ0v) is 14.6. The van der Waals surface area contributed by atoms with E-state index in [4.69, 9.17) is 10.6 Å². The van der Waals surface area contributed by atoms with Crippen molar-refractivity contribution in [2.75, 3.05) is 14.2 Å². The van der Waals surface area contributed by atoms with Crippen molar-refractivity contribution >= 4 is 5.57 Å². The average molecular weight is 305 g/mol. The monoisotopic (exact) mass is 305 g/mol. The second-order valence-corrected chi connectivity index (χ2v) is 4.87. The minimum absolute atomic E-state index is 0.844. The van der Waals surface area contributed by atoms with Crippen molar-refractivity contribution in [1.82, 2.24) is 10.7 Å². The molecule has 0 aliphatic rings. The van der Waals surface area contributed by atoms with Crippen LogP contribution in [0.3, 0.4) is 0 Å². The SMILES string of the molecule is CCCCC.CN/C(C)=C(/C=C\NN)c1ccc(OC)cc1. The van der Waals surface area contributed by atoms with Crippen molar-refractivity contribution in [3.8, 4) is 5.75 Å². The number of benzene rings is 1. The van der Waals surface area contributed by atoms with Crippen molar-refractivity contribution in [1.29, 1.82) is 0 Å². The van der Waals surface area contributed by atoms with Gasteiger partial charge in [-0.05, 0) is 30.7 Å². The predicted octanol–water partition coefficient (Wildman–Crippen LogP) is 3.82. The first-order valence-corrected chi connectivity index (χ1v) is 7.80. The van der Waals surface area contributed by atoms with E-state index in [1.165, 1.54) is 19.3 Å². The van der Waals surface area contributed by atoms with Crippen molar-refractivity contribution in [2.24, 2.45) is 5.84 Å². The summed E-state index contributed by atoms with van der Waals surface area (Å²) >= 11 is 0. The smallest absolute Gasteiger partial charge is 0.118 e. The van der Waals surface area contributed by atoms with Gasteiger partial charge in [0.05, 0.1) is 7.11 Å². The third-order valence-electron chi connectivity index (χ3n) is 3.23. The number of nitrogens with one attached hydrogen (secondary N) is 2. The lowest BCUT2D eigenvalue weighted by molar-refractivity contribution is 0.415. The zero-order chi connectivity index (χ0) is 16.8. The van der Waals surface area contributed by atoms with Crippen LogP contribution in [0.1, 0.15) is 45.6 Å². The summed E-state index contributed by atoms with van der Waals surface area (Å²) in [5.74, 6) is 6.09. The van der Waals surface area contributed by atoms with Crippen LogP contribution in [0.2, 0.25) is 0 Å². The molecule has 4 N–H and O–H groups in total. The predicted molar refractivity (Wildman–Crippen MR) is 96.3 cm³/mol. The van der Waals surface area contributed by atoms with Gasteiger partial charge in [0.1, 0.15) is 5.75 Å². The van der Waals surface area contributed by atoms with Gasteiger partial charge in [-0.2, -0.15) is 0 Å². The molecule has 4 heteroatoms. The fraction of sp³-hybridized carbons (Fsp3) is 0.444. The normalized spacial score (nSPS) is 11.4. The molecule has 22 heavy (non-hydrogen) atoms. The number of hydrogen-bond donors (Lipinski definition) is 3. The van der Waals surface area contributed by atoms with E-state index < -0.39 is 0 Å². The van der Waals surface area contributed by atoms with Crippen molar-refractivity contribution in [2.45, 2.75) is 40.0 Å². The number of rotatable bonds is 7. The first-order chi connectivity index (χ1) is 10.6. The Morgan fingerprint density at radius 3 is 2.14 bits per heavy atom. The summed E-state index contributed by atoms with van der Waals surface area (Å²) in [5, 5.41) is 3.13. The van der Waals surface area contributed by atoms with Gasteiger partial charge in [0.2, 0.25) is 0 Å². The number of unbranched alkanes of at least 4 members (excludes halogenated alkanes) is 2. The second kappa shape index (κ2) is 12.8. The van der Waals surface area contributed by atoms with Gasteiger partial charge >= 0.3 is 0 Å². The molecule has 0 bridgehead atoms. The third-order valence-corrected chi connectivity index (χ3v) is 3.23. The maximum atomic E-state index is 5.24. The zero-order valence-electron chi connectivity index (χ0n) is 14.6. The van der Waals surface area contributed by atoms with Crippen LogP contribution in [-0.2, 0) is 0 Å². The Morgan fingerprint density at radius 2 is 1.77 bits per heavy atom. The fourth-order valence-corrected chi connectivity index (χ4v) is 1.83. The molecule has 4 nitrogen and oxygen atoms in total. The Labute approximate surface area is 135 Å². The quantitative estimate of drug-likeness (QED) is 0.407. The summed E-state index contributed by atoms with van der Waals surface area (Å²) in [5.41, 5.74) is 5.75. The van der Waals surface area contributed by atoms with Crippen LogP contribution >= 0.6 is 0 Å². The topological polar surface area (TPSA) is 59.3 Å². The molecule has 0 atom stereocenters. The molecule has 0 aliphatic carbocycles. The Morgan fingerprint density at radius 1 is 1.18 bits per heavy atom. The van der Waals surface area contributed by atoms with Gasteiger partial charge in [-0.1, -0.05) is 45.2 Å². The lowest BCUT2D eigenvalue weighted by Gasteiger charge is -2.09. The molecule has 0 fully saturated rings. The molecule has 0 unspecified atom stereocenters. The van der Waals surface area contributed by atoms with Crippen molar-refractivity contribution in [3.63, 3.8) is 0 Å². The Balaban J connectivity index is 0.000000763. The van der Waals surface area contributed by atoms with Gasteiger partial charge in [-0.3, -0.25) is 5.84 Å². The number of methoxy groups -OCH3 is 1. The number of allylic oxidation sites excluding steroid dienone is 3. The van der Waals surface area contributed by atoms with E-state index in [1.807, 2.05) is 44.3 Å². The molecule has 0 spiro atoms. The number of nitrogens with two attached hydrogens (primary N) is 1. The van der Waals surface area contributed by atoms with E-state index in [1.54, 1.807) is 13.3 Å².